The van der Waals surface area contributed by atoms with Crippen molar-refractivity contribution in [3.63, 3.8) is 0 Å². The molecule has 0 unspecified atom stereocenters. The normalized spacial score (nSPS) is 10.5. The lowest BCUT2D eigenvalue weighted by atomic mass is 10.1. The number of carbonyl (C=O) groups excluding carboxylic acids is 1. The highest BCUT2D eigenvalue weighted by Crippen LogP contribution is 2.23. The Morgan fingerprint density at radius 2 is 2.05 bits per heavy atom. The molecule has 0 bridgehead atoms. The summed E-state index contributed by atoms with van der Waals surface area (Å²) in [5.41, 5.74) is 7.52. The zero-order chi connectivity index (χ0) is 15.4. The molecule has 0 saturated carbocycles. The number of hydrogen-bond acceptors (Lipinski definition) is 4. The second-order valence-corrected chi connectivity index (χ2v) is 4.83. The van der Waals surface area contributed by atoms with Gasteiger partial charge in [-0.2, -0.15) is 0 Å². The number of benzene rings is 1. The summed E-state index contributed by atoms with van der Waals surface area (Å²) in [4.78, 5) is 12.4. The van der Waals surface area contributed by atoms with Crippen molar-refractivity contribution in [1.29, 1.82) is 0 Å². The van der Waals surface area contributed by atoms with E-state index in [1.54, 1.807) is 13.0 Å². The van der Waals surface area contributed by atoms with Crippen molar-refractivity contribution in [2.45, 2.75) is 20.8 Å². The molecular formula is C16H20N2O3. The van der Waals surface area contributed by atoms with Gasteiger partial charge in [0.1, 0.15) is 23.9 Å². The number of carbonyl (C=O) groups is 1. The van der Waals surface area contributed by atoms with E-state index in [0.717, 1.165) is 11.3 Å². The molecule has 21 heavy (non-hydrogen) atoms. The van der Waals surface area contributed by atoms with E-state index in [1.165, 1.54) is 0 Å². The van der Waals surface area contributed by atoms with Crippen molar-refractivity contribution in [3.8, 4) is 5.75 Å². The number of aryl methyl sites for hydroxylation is 2. The molecule has 0 saturated heterocycles. The Morgan fingerprint density at radius 1 is 1.29 bits per heavy atom. The maximum absolute atomic E-state index is 12.4. The van der Waals surface area contributed by atoms with Gasteiger partial charge in [-0.05, 0) is 32.9 Å². The van der Waals surface area contributed by atoms with E-state index >= 15 is 0 Å². The van der Waals surface area contributed by atoms with Gasteiger partial charge in [0.05, 0.1) is 5.56 Å². The molecule has 0 aliphatic rings. The van der Waals surface area contributed by atoms with Crippen molar-refractivity contribution >= 4 is 11.6 Å². The number of hydrogen-bond donors (Lipinski definition) is 2. The first kappa shape index (κ1) is 15.1. The minimum absolute atomic E-state index is 0.183. The van der Waals surface area contributed by atoms with Gasteiger partial charge < -0.3 is 20.2 Å². The minimum Gasteiger partial charge on any atom is -0.492 e. The lowest BCUT2D eigenvalue weighted by Gasteiger charge is -2.08. The molecule has 0 spiro atoms. The van der Waals surface area contributed by atoms with Crippen molar-refractivity contribution < 1.29 is 13.9 Å². The standard InChI is InChI=1S/C16H20N2O3/c1-10-11(2)21-12(3)15(10)16(19)18-13-5-4-6-14(9-13)20-8-7-17/h4-6,9H,7-8,17H2,1-3H3,(H,18,19). The fraction of sp³-hybridized carbons (Fsp3) is 0.312. The van der Waals surface area contributed by atoms with Crippen LogP contribution in [0.3, 0.4) is 0 Å². The quantitative estimate of drug-likeness (QED) is 0.887. The lowest BCUT2D eigenvalue weighted by Crippen LogP contribution is -2.14. The van der Waals surface area contributed by atoms with E-state index in [2.05, 4.69) is 5.32 Å². The van der Waals surface area contributed by atoms with Crippen molar-refractivity contribution in [1.82, 2.24) is 0 Å². The summed E-state index contributed by atoms with van der Waals surface area (Å²) in [5, 5.41) is 2.86. The topological polar surface area (TPSA) is 77.5 Å². The predicted molar refractivity (Wildman–Crippen MR) is 81.9 cm³/mol. The third-order valence-corrected chi connectivity index (χ3v) is 3.27. The van der Waals surface area contributed by atoms with E-state index in [0.29, 0.717) is 35.9 Å². The average molecular weight is 288 g/mol. The molecule has 1 amide bonds. The maximum atomic E-state index is 12.4. The number of nitrogens with two attached hydrogens (primary N) is 1. The molecule has 1 aromatic heterocycles. The van der Waals surface area contributed by atoms with Gasteiger partial charge in [0.15, 0.2) is 0 Å². The molecule has 0 aliphatic carbocycles. The molecule has 5 nitrogen and oxygen atoms in total. The smallest absolute Gasteiger partial charge is 0.259 e. The second kappa shape index (κ2) is 6.45. The van der Waals surface area contributed by atoms with Crippen LogP contribution < -0.4 is 15.8 Å². The molecule has 0 aliphatic heterocycles. The first-order chi connectivity index (χ1) is 10.0. The first-order valence-electron chi connectivity index (χ1n) is 6.83. The fourth-order valence-corrected chi connectivity index (χ4v) is 2.16. The fourth-order valence-electron chi connectivity index (χ4n) is 2.16. The minimum atomic E-state index is -0.183. The molecule has 5 heteroatoms. The van der Waals surface area contributed by atoms with Gasteiger partial charge in [-0.15, -0.1) is 0 Å². The molecule has 1 aromatic carbocycles. The molecular weight excluding hydrogens is 268 g/mol. The maximum Gasteiger partial charge on any atom is 0.259 e. The van der Waals surface area contributed by atoms with Gasteiger partial charge >= 0.3 is 0 Å². The molecule has 112 valence electrons. The summed E-state index contributed by atoms with van der Waals surface area (Å²) in [6.07, 6.45) is 0. The molecule has 2 aromatic rings. The Balaban J connectivity index is 2.16. The summed E-state index contributed by atoms with van der Waals surface area (Å²) in [6, 6.07) is 7.22. The second-order valence-electron chi connectivity index (χ2n) is 4.83. The van der Waals surface area contributed by atoms with E-state index in [1.807, 2.05) is 32.0 Å². The third-order valence-electron chi connectivity index (χ3n) is 3.27. The van der Waals surface area contributed by atoms with Crippen LogP contribution in [0.5, 0.6) is 5.75 Å². The highest BCUT2D eigenvalue weighted by atomic mass is 16.5. The average Bonchev–Trinajstić information content (AvgIpc) is 2.70. The largest absolute Gasteiger partial charge is 0.492 e. The van der Waals surface area contributed by atoms with Gasteiger partial charge in [-0.3, -0.25) is 4.79 Å². The van der Waals surface area contributed by atoms with Crippen LogP contribution in [-0.4, -0.2) is 19.1 Å². The van der Waals surface area contributed by atoms with E-state index in [9.17, 15) is 4.79 Å². The van der Waals surface area contributed by atoms with Crippen LogP contribution >= 0.6 is 0 Å². The number of ether oxygens (including phenoxy) is 1. The van der Waals surface area contributed by atoms with Gasteiger partial charge in [-0.1, -0.05) is 6.07 Å². The predicted octanol–water partition coefficient (Wildman–Crippen LogP) is 2.79. The van der Waals surface area contributed by atoms with Crippen LogP contribution in [0.1, 0.15) is 27.4 Å². The molecule has 1 heterocycles. The van der Waals surface area contributed by atoms with Crippen LogP contribution in [0.4, 0.5) is 5.69 Å². The Kier molecular flexibility index (Phi) is 4.65. The van der Waals surface area contributed by atoms with Crippen molar-refractivity contribution in [2.75, 3.05) is 18.5 Å². The van der Waals surface area contributed by atoms with Gasteiger partial charge in [0.25, 0.3) is 5.91 Å². The van der Waals surface area contributed by atoms with Gasteiger partial charge in [-0.25, -0.2) is 0 Å². The van der Waals surface area contributed by atoms with Gasteiger partial charge in [0.2, 0.25) is 0 Å². The molecule has 2 rings (SSSR count). The van der Waals surface area contributed by atoms with Crippen LogP contribution in [-0.2, 0) is 0 Å². The molecule has 0 atom stereocenters. The third kappa shape index (κ3) is 3.44. The summed E-state index contributed by atoms with van der Waals surface area (Å²) >= 11 is 0. The number of anilines is 1. The van der Waals surface area contributed by atoms with Crippen LogP contribution in [0.15, 0.2) is 28.7 Å². The van der Waals surface area contributed by atoms with E-state index < -0.39 is 0 Å². The molecule has 0 radical (unpaired) electrons. The number of furan rings is 1. The first-order valence-corrected chi connectivity index (χ1v) is 6.83. The summed E-state index contributed by atoms with van der Waals surface area (Å²) in [5.74, 6) is 1.88. The lowest BCUT2D eigenvalue weighted by molar-refractivity contribution is 0.102. The number of amides is 1. The Hall–Kier alpha value is -2.27. The molecule has 0 fully saturated rings. The highest BCUT2D eigenvalue weighted by molar-refractivity contribution is 6.06. The van der Waals surface area contributed by atoms with Crippen molar-refractivity contribution in [2.24, 2.45) is 5.73 Å². The van der Waals surface area contributed by atoms with E-state index in [-0.39, 0.29) is 5.91 Å². The number of nitrogens with one attached hydrogen (secondary N) is 1. The van der Waals surface area contributed by atoms with Crippen LogP contribution in [0.25, 0.3) is 0 Å². The van der Waals surface area contributed by atoms with Crippen molar-refractivity contribution in [3.05, 3.63) is 46.9 Å². The van der Waals surface area contributed by atoms with Gasteiger partial charge in [0, 0.05) is 23.9 Å². The van der Waals surface area contributed by atoms with Crippen LogP contribution in [0, 0.1) is 20.8 Å². The summed E-state index contributed by atoms with van der Waals surface area (Å²) < 4.78 is 10.9. The summed E-state index contributed by atoms with van der Waals surface area (Å²) in [7, 11) is 0. The van der Waals surface area contributed by atoms with Crippen LogP contribution in [0.2, 0.25) is 0 Å². The highest BCUT2D eigenvalue weighted by Gasteiger charge is 2.18. The zero-order valence-corrected chi connectivity index (χ0v) is 12.5. The Morgan fingerprint density at radius 3 is 2.67 bits per heavy atom. The number of rotatable bonds is 5. The Bertz CT molecular complexity index is 647. The van der Waals surface area contributed by atoms with E-state index in [4.69, 9.17) is 14.9 Å². The summed E-state index contributed by atoms with van der Waals surface area (Å²) in [6.45, 7) is 6.40. The zero-order valence-electron chi connectivity index (χ0n) is 12.5. The SMILES string of the molecule is Cc1oc(C)c(C(=O)Nc2cccc(OCCN)c2)c1C. The monoisotopic (exact) mass is 288 g/mol. The molecule has 3 N–H and O–H groups in total. The Labute approximate surface area is 124 Å².